The average molecular weight is 473 g/mol. The second-order valence-electron chi connectivity index (χ2n) is 7.86. The molecule has 0 unspecified atom stereocenters. The third-order valence-electron chi connectivity index (χ3n) is 5.61. The Morgan fingerprint density at radius 1 is 1.24 bits per heavy atom. The number of anilines is 1. The Balaban J connectivity index is 1.48. The summed E-state index contributed by atoms with van der Waals surface area (Å²) >= 11 is 1.27. The normalized spacial score (nSPS) is 15.3. The lowest BCUT2D eigenvalue weighted by Gasteiger charge is -2.13. The average Bonchev–Trinajstić information content (AvgIpc) is 3.52. The van der Waals surface area contributed by atoms with Crippen molar-refractivity contribution in [3.8, 4) is 22.9 Å². The number of thiazole rings is 1. The fourth-order valence-corrected chi connectivity index (χ4v) is 4.67. The number of nitrogens with one attached hydrogen (secondary N) is 1. The fourth-order valence-electron chi connectivity index (χ4n) is 3.87. The van der Waals surface area contributed by atoms with E-state index in [1.807, 2.05) is 6.92 Å². The van der Waals surface area contributed by atoms with Crippen molar-refractivity contribution >= 4 is 32.9 Å². The number of aryl methyl sites for hydroxylation is 1. The molecule has 4 heterocycles. The fraction of sp³-hybridized carbons (Fsp3) is 0.250. The first-order valence-electron chi connectivity index (χ1n) is 10.6. The van der Waals surface area contributed by atoms with Gasteiger partial charge in [-0.15, -0.1) is 0 Å². The van der Waals surface area contributed by atoms with E-state index in [-0.39, 0.29) is 11.8 Å². The molecule has 0 spiro atoms. The summed E-state index contributed by atoms with van der Waals surface area (Å²) < 4.78 is 10.9. The number of methoxy groups -OCH3 is 1. The highest BCUT2D eigenvalue weighted by Gasteiger charge is 2.22. The Morgan fingerprint density at radius 2 is 2.12 bits per heavy atom. The first-order valence-corrected chi connectivity index (χ1v) is 11.4. The first-order chi connectivity index (χ1) is 16.6. The SMILES string of the molecule is COc1ccc(C#N)cc1-c1cc(C)ncc1C(=O)Nc1nc2ncc([C@H]3CCOC3)nc2s1. The van der Waals surface area contributed by atoms with Crippen LogP contribution in [0.5, 0.6) is 5.75 Å². The van der Waals surface area contributed by atoms with Crippen LogP contribution in [0.2, 0.25) is 0 Å². The molecule has 9 nitrogen and oxygen atoms in total. The number of pyridine rings is 1. The van der Waals surface area contributed by atoms with E-state index in [1.54, 1.807) is 37.6 Å². The Labute approximate surface area is 199 Å². The molecular weight excluding hydrogens is 452 g/mol. The van der Waals surface area contributed by atoms with Crippen LogP contribution in [0.15, 0.2) is 36.7 Å². The topological polar surface area (TPSA) is 123 Å². The van der Waals surface area contributed by atoms with Gasteiger partial charge in [-0.25, -0.2) is 9.97 Å². The number of hydrogen-bond acceptors (Lipinski definition) is 9. The van der Waals surface area contributed by atoms with Crippen LogP contribution in [-0.4, -0.2) is 46.2 Å². The molecule has 5 rings (SSSR count). The van der Waals surface area contributed by atoms with E-state index < -0.39 is 0 Å². The summed E-state index contributed by atoms with van der Waals surface area (Å²) in [6.45, 7) is 3.20. The van der Waals surface area contributed by atoms with Crippen LogP contribution in [0.25, 0.3) is 21.6 Å². The Morgan fingerprint density at radius 3 is 2.88 bits per heavy atom. The summed E-state index contributed by atoms with van der Waals surface area (Å²) in [5.41, 5.74) is 4.13. The molecule has 1 aliphatic heterocycles. The van der Waals surface area contributed by atoms with Crippen molar-refractivity contribution in [2.45, 2.75) is 19.3 Å². The van der Waals surface area contributed by atoms with Crippen molar-refractivity contribution in [1.82, 2.24) is 19.9 Å². The quantitative estimate of drug-likeness (QED) is 0.461. The van der Waals surface area contributed by atoms with E-state index in [9.17, 15) is 10.1 Å². The lowest BCUT2D eigenvalue weighted by molar-refractivity contribution is 0.102. The third-order valence-corrected chi connectivity index (χ3v) is 6.47. The molecule has 1 aliphatic rings. The predicted octanol–water partition coefficient (Wildman–Crippen LogP) is 4.09. The molecular formula is C24H20N6O3S. The van der Waals surface area contributed by atoms with E-state index >= 15 is 0 Å². The van der Waals surface area contributed by atoms with Crippen molar-refractivity contribution < 1.29 is 14.3 Å². The number of amides is 1. The molecule has 1 N–H and O–H groups in total. The van der Waals surface area contributed by atoms with Crippen LogP contribution >= 0.6 is 11.3 Å². The molecule has 0 saturated carbocycles. The van der Waals surface area contributed by atoms with Crippen LogP contribution in [-0.2, 0) is 4.74 Å². The smallest absolute Gasteiger partial charge is 0.259 e. The van der Waals surface area contributed by atoms with Gasteiger partial charge in [-0.2, -0.15) is 10.2 Å². The number of ether oxygens (including phenoxy) is 2. The molecule has 1 atom stereocenters. The molecule has 0 aliphatic carbocycles. The maximum atomic E-state index is 13.3. The van der Waals surface area contributed by atoms with Gasteiger partial charge in [0.15, 0.2) is 15.6 Å². The summed E-state index contributed by atoms with van der Waals surface area (Å²) in [4.78, 5) is 31.8. The largest absolute Gasteiger partial charge is 0.496 e. The summed E-state index contributed by atoms with van der Waals surface area (Å²) in [5, 5.41) is 12.6. The minimum Gasteiger partial charge on any atom is -0.496 e. The highest BCUT2D eigenvalue weighted by molar-refractivity contribution is 7.21. The van der Waals surface area contributed by atoms with Crippen LogP contribution in [0.4, 0.5) is 5.13 Å². The number of nitrogens with zero attached hydrogens (tertiary/aromatic N) is 5. The number of aromatic nitrogens is 4. The Hall–Kier alpha value is -3.94. The van der Waals surface area contributed by atoms with Crippen LogP contribution in [0, 0.1) is 18.3 Å². The number of carbonyl (C=O) groups excluding carboxylic acids is 1. The molecule has 1 fully saturated rings. The molecule has 4 aromatic rings. The summed E-state index contributed by atoms with van der Waals surface area (Å²) in [7, 11) is 1.55. The molecule has 3 aromatic heterocycles. The lowest BCUT2D eigenvalue weighted by Crippen LogP contribution is -2.14. The minimum absolute atomic E-state index is 0.234. The number of rotatable bonds is 5. The van der Waals surface area contributed by atoms with Crippen LogP contribution < -0.4 is 10.1 Å². The molecule has 0 bridgehead atoms. The van der Waals surface area contributed by atoms with E-state index in [4.69, 9.17) is 9.47 Å². The van der Waals surface area contributed by atoms with Crippen molar-refractivity contribution in [2.24, 2.45) is 0 Å². The summed E-state index contributed by atoms with van der Waals surface area (Å²) in [5.74, 6) is 0.406. The second kappa shape index (κ2) is 9.13. The number of nitriles is 1. The summed E-state index contributed by atoms with van der Waals surface area (Å²) in [6.07, 6.45) is 4.16. The van der Waals surface area contributed by atoms with Gasteiger partial charge in [0.25, 0.3) is 5.91 Å². The third kappa shape index (κ3) is 4.19. The molecule has 34 heavy (non-hydrogen) atoms. The van der Waals surface area contributed by atoms with Crippen molar-refractivity contribution in [3.63, 3.8) is 0 Å². The predicted molar refractivity (Wildman–Crippen MR) is 127 cm³/mol. The second-order valence-corrected chi connectivity index (χ2v) is 8.83. The molecule has 1 amide bonds. The zero-order valence-corrected chi connectivity index (χ0v) is 19.3. The molecule has 10 heteroatoms. The zero-order chi connectivity index (χ0) is 23.7. The highest BCUT2D eigenvalue weighted by Crippen LogP contribution is 2.34. The van der Waals surface area contributed by atoms with E-state index in [0.29, 0.717) is 50.2 Å². The van der Waals surface area contributed by atoms with Crippen molar-refractivity contribution in [1.29, 1.82) is 5.26 Å². The molecule has 0 radical (unpaired) electrons. The number of hydrogen-bond donors (Lipinski definition) is 1. The molecule has 1 saturated heterocycles. The Bertz CT molecular complexity index is 1440. The maximum absolute atomic E-state index is 13.3. The molecule has 1 aromatic carbocycles. The van der Waals surface area contributed by atoms with E-state index in [2.05, 4.69) is 31.3 Å². The highest BCUT2D eigenvalue weighted by atomic mass is 32.1. The number of carbonyl (C=O) groups is 1. The van der Waals surface area contributed by atoms with E-state index in [1.165, 1.54) is 17.5 Å². The van der Waals surface area contributed by atoms with Gasteiger partial charge in [-0.1, -0.05) is 11.3 Å². The van der Waals surface area contributed by atoms with Gasteiger partial charge < -0.3 is 9.47 Å². The van der Waals surface area contributed by atoms with Gasteiger partial charge in [0.2, 0.25) is 0 Å². The van der Waals surface area contributed by atoms with Crippen LogP contribution in [0.1, 0.15) is 39.6 Å². The number of fused-ring (bicyclic) bond motifs is 1. The van der Waals surface area contributed by atoms with Gasteiger partial charge in [-0.05, 0) is 37.6 Å². The van der Waals surface area contributed by atoms with Gasteiger partial charge >= 0.3 is 0 Å². The van der Waals surface area contributed by atoms with Gasteiger partial charge in [0.05, 0.1) is 42.8 Å². The minimum atomic E-state index is -0.379. The zero-order valence-electron chi connectivity index (χ0n) is 18.5. The Kier molecular flexibility index (Phi) is 5.88. The first kappa shape index (κ1) is 21.9. The van der Waals surface area contributed by atoms with Crippen molar-refractivity contribution in [3.05, 3.63) is 59.2 Å². The van der Waals surface area contributed by atoms with Gasteiger partial charge in [-0.3, -0.25) is 15.1 Å². The van der Waals surface area contributed by atoms with Gasteiger partial charge in [0.1, 0.15) is 5.75 Å². The van der Waals surface area contributed by atoms with E-state index in [0.717, 1.165) is 24.4 Å². The lowest BCUT2D eigenvalue weighted by atomic mass is 9.97. The number of benzene rings is 1. The standard InChI is InChI=1S/C24H20N6O3S/c1-13-7-16(17-8-14(9-25)3-4-20(17)32-2)18(10-26-13)22(31)30-24-29-21-23(34-24)28-19(11-27-21)15-5-6-33-12-15/h3-4,7-8,10-11,15H,5-6,12H2,1-2H3,(H,27,29,30,31)/t15-/m0/s1. The summed E-state index contributed by atoms with van der Waals surface area (Å²) in [6, 6.07) is 9.01. The monoisotopic (exact) mass is 472 g/mol. The van der Waals surface area contributed by atoms with Crippen LogP contribution in [0.3, 0.4) is 0 Å². The molecule has 170 valence electrons. The van der Waals surface area contributed by atoms with Crippen molar-refractivity contribution in [2.75, 3.05) is 25.6 Å². The maximum Gasteiger partial charge on any atom is 0.259 e. The van der Waals surface area contributed by atoms with Gasteiger partial charge in [0, 0.05) is 35.5 Å².